The monoisotopic (exact) mass is 389 g/mol. The molecule has 0 bridgehead atoms. The van der Waals surface area contributed by atoms with Gasteiger partial charge in [-0.05, 0) is 49.4 Å². The molecule has 140 valence electrons. The van der Waals surface area contributed by atoms with Crippen LogP contribution in [0.5, 0.6) is 0 Å². The first-order chi connectivity index (χ1) is 13.4. The lowest BCUT2D eigenvalue weighted by Crippen LogP contribution is -1.96. The minimum atomic E-state index is -3.23. The van der Waals surface area contributed by atoms with Gasteiger partial charge in [-0.25, -0.2) is 13.4 Å². The molecule has 0 radical (unpaired) electrons. The van der Waals surface area contributed by atoms with Crippen molar-refractivity contribution >= 4 is 9.84 Å². The number of imidazole rings is 1. The summed E-state index contributed by atoms with van der Waals surface area (Å²) in [6.07, 6.45) is 4.69. The second kappa shape index (κ2) is 7.05. The fourth-order valence-electron chi connectivity index (χ4n) is 3.10. The van der Waals surface area contributed by atoms with Crippen molar-refractivity contribution in [3.63, 3.8) is 0 Å². The molecule has 2 aromatic heterocycles. The maximum atomic E-state index is 11.7. The third-order valence-electron chi connectivity index (χ3n) is 4.52. The fraction of sp³-hybridized carbons (Fsp3) is 0.0909. The van der Waals surface area contributed by atoms with E-state index in [1.807, 2.05) is 37.3 Å². The number of hydrogen-bond donors (Lipinski definition) is 1. The number of aromatic amines is 1. The third kappa shape index (κ3) is 3.59. The average Bonchev–Trinajstić information content (AvgIpc) is 3.14. The van der Waals surface area contributed by atoms with E-state index in [2.05, 4.69) is 16.0 Å². The van der Waals surface area contributed by atoms with E-state index < -0.39 is 9.84 Å². The summed E-state index contributed by atoms with van der Waals surface area (Å²) in [5, 5.41) is 0. The Morgan fingerprint density at radius 2 is 1.57 bits per heavy atom. The van der Waals surface area contributed by atoms with Gasteiger partial charge < -0.3 is 4.98 Å². The average molecular weight is 389 g/mol. The summed E-state index contributed by atoms with van der Waals surface area (Å²) >= 11 is 0. The van der Waals surface area contributed by atoms with E-state index in [0.717, 1.165) is 33.6 Å². The lowest BCUT2D eigenvalue weighted by molar-refractivity contribution is 0.602. The standard InChI is InChI=1S/C22H19N3O2S/c1-15-4-3-5-18(14-15)21-20(16-10-12-23-13-11-16)24-22(25-21)17-6-8-19(9-7-17)28(2,26)27/h3-14H,1-2H3,(H,24,25). The first kappa shape index (κ1) is 18.1. The zero-order chi connectivity index (χ0) is 19.7. The Bertz CT molecular complexity index is 1230. The van der Waals surface area contributed by atoms with Crippen molar-refractivity contribution in [3.8, 4) is 33.9 Å². The van der Waals surface area contributed by atoms with E-state index in [1.54, 1.807) is 36.7 Å². The maximum absolute atomic E-state index is 11.7. The van der Waals surface area contributed by atoms with Gasteiger partial charge >= 0.3 is 0 Å². The Kier molecular flexibility index (Phi) is 4.57. The van der Waals surface area contributed by atoms with Gasteiger partial charge in [0.25, 0.3) is 0 Å². The molecule has 0 spiro atoms. The lowest BCUT2D eigenvalue weighted by Gasteiger charge is -2.03. The van der Waals surface area contributed by atoms with Crippen LogP contribution in [0, 0.1) is 6.92 Å². The van der Waals surface area contributed by atoms with Gasteiger partial charge in [-0.15, -0.1) is 0 Å². The molecule has 0 aliphatic rings. The van der Waals surface area contributed by atoms with Crippen molar-refractivity contribution in [1.82, 2.24) is 15.0 Å². The van der Waals surface area contributed by atoms with Crippen LogP contribution in [-0.2, 0) is 9.84 Å². The lowest BCUT2D eigenvalue weighted by atomic mass is 10.0. The predicted molar refractivity (Wildman–Crippen MR) is 111 cm³/mol. The van der Waals surface area contributed by atoms with Crippen LogP contribution >= 0.6 is 0 Å². The van der Waals surface area contributed by atoms with E-state index >= 15 is 0 Å². The highest BCUT2D eigenvalue weighted by atomic mass is 32.2. The number of nitrogens with zero attached hydrogens (tertiary/aromatic N) is 2. The highest BCUT2D eigenvalue weighted by Crippen LogP contribution is 2.33. The molecular formula is C22H19N3O2S. The zero-order valence-corrected chi connectivity index (χ0v) is 16.4. The minimum Gasteiger partial charge on any atom is -0.337 e. The highest BCUT2D eigenvalue weighted by Gasteiger charge is 2.16. The van der Waals surface area contributed by atoms with Gasteiger partial charge in [-0.1, -0.05) is 23.8 Å². The van der Waals surface area contributed by atoms with Gasteiger partial charge in [0.05, 0.1) is 16.3 Å². The summed E-state index contributed by atoms with van der Waals surface area (Å²) in [6.45, 7) is 2.05. The molecule has 0 fully saturated rings. The molecule has 0 atom stereocenters. The quantitative estimate of drug-likeness (QED) is 0.557. The SMILES string of the molecule is Cc1cccc(-c2nc(-c3ccc(S(C)(=O)=O)cc3)[nH]c2-c2ccncc2)c1. The van der Waals surface area contributed by atoms with Crippen molar-refractivity contribution in [2.45, 2.75) is 11.8 Å². The van der Waals surface area contributed by atoms with Crippen LogP contribution in [0.4, 0.5) is 0 Å². The summed E-state index contributed by atoms with van der Waals surface area (Å²) in [5.74, 6) is 0.684. The summed E-state index contributed by atoms with van der Waals surface area (Å²) in [4.78, 5) is 12.6. The number of benzene rings is 2. The number of H-pyrrole nitrogens is 1. The fourth-order valence-corrected chi connectivity index (χ4v) is 3.73. The Morgan fingerprint density at radius 3 is 2.21 bits per heavy atom. The van der Waals surface area contributed by atoms with Gasteiger partial charge in [0.2, 0.25) is 0 Å². The summed E-state index contributed by atoms with van der Waals surface area (Å²) < 4.78 is 23.4. The van der Waals surface area contributed by atoms with E-state index in [9.17, 15) is 8.42 Å². The van der Waals surface area contributed by atoms with Crippen LogP contribution in [0.25, 0.3) is 33.9 Å². The number of aromatic nitrogens is 3. The second-order valence-corrected chi connectivity index (χ2v) is 8.73. The van der Waals surface area contributed by atoms with Crippen molar-refractivity contribution in [1.29, 1.82) is 0 Å². The first-order valence-corrected chi connectivity index (χ1v) is 10.7. The molecular weight excluding hydrogens is 370 g/mol. The molecule has 1 N–H and O–H groups in total. The maximum Gasteiger partial charge on any atom is 0.175 e. The van der Waals surface area contributed by atoms with E-state index in [1.165, 1.54) is 6.26 Å². The van der Waals surface area contributed by atoms with E-state index in [4.69, 9.17) is 4.98 Å². The largest absolute Gasteiger partial charge is 0.337 e. The number of sulfone groups is 1. The van der Waals surface area contributed by atoms with Crippen LogP contribution in [0.1, 0.15) is 5.56 Å². The van der Waals surface area contributed by atoms with Crippen LogP contribution in [0.15, 0.2) is 78.0 Å². The van der Waals surface area contributed by atoms with E-state index in [0.29, 0.717) is 5.82 Å². The van der Waals surface area contributed by atoms with Crippen molar-refractivity contribution in [3.05, 3.63) is 78.6 Å². The molecule has 0 amide bonds. The van der Waals surface area contributed by atoms with Crippen LogP contribution in [0.2, 0.25) is 0 Å². The Labute approximate surface area is 164 Å². The molecule has 2 aromatic carbocycles. The molecule has 4 rings (SSSR count). The van der Waals surface area contributed by atoms with Crippen LogP contribution in [0.3, 0.4) is 0 Å². The normalized spacial score (nSPS) is 11.5. The Balaban J connectivity index is 1.86. The van der Waals surface area contributed by atoms with Crippen molar-refractivity contribution < 1.29 is 8.42 Å². The number of aryl methyl sites for hydroxylation is 1. The summed E-state index contributed by atoms with van der Waals surface area (Å²) in [7, 11) is -3.23. The topological polar surface area (TPSA) is 75.7 Å². The molecule has 0 unspecified atom stereocenters. The molecule has 2 heterocycles. The molecule has 5 nitrogen and oxygen atoms in total. The van der Waals surface area contributed by atoms with Gasteiger partial charge in [0, 0.05) is 35.3 Å². The van der Waals surface area contributed by atoms with Gasteiger partial charge in [-0.2, -0.15) is 0 Å². The summed E-state index contributed by atoms with van der Waals surface area (Å²) in [5.41, 5.74) is 5.72. The first-order valence-electron chi connectivity index (χ1n) is 8.80. The molecule has 0 saturated carbocycles. The molecule has 28 heavy (non-hydrogen) atoms. The molecule has 0 aliphatic carbocycles. The van der Waals surface area contributed by atoms with Crippen molar-refractivity contribution in [2.75, 3.05) is 6.26 Å². The zero-order valence-electron chi connectivity index (χ0n) is 15.5. The van der Waals surface area contributed by atoms with E-state index in [-0.39, 0.29) is 4.90 Å². The Morgan fingerprint density at radius 1 is 0.857 bits per heavy atom. The van der Waals surface area contributed by atoms with Crippen molar-refractivity contribution in [2.24, 2.45) is 0 Å². The summed E-state index contributed by atoms with van der Waals surface area (Å²) in [6, 6.07) is 18.8. The Hall–Kier alpha value is -3.25. The van der Waals surface area contributed by atoms with Gasteiger partial charge in [0.1, 0.15) is 5.82 Å². The molecule has 0 aliphatic heterocycles. The molecule has 6 heteroatoms. The second-order valence-electron chi connectivity index (χ2n) is 6.71. The number of hydrogen-bond acceptors (Lipinski definition) is 4. The van der Waals surface area contributed by atoms with Crippen LogP contribution < -0.4 is 0 Å². The number of nitrogens with one attached hydrogen (secondary N) is 1. The molecule has 0 saturated heterocycles. The van der Waals surface area contributed by atoms with Crippen LogP contribution in [-0.4, -0.2) is 29.6 Å². The number of pyridine rings is 1. The van der Waals surface area contributed by atoms with Gasteiger partial charge in [0.15, 0.2) is 9.84 Å². The van der Waals surface area contributed by atoms with Gasteiger partial charge in [-0.3, -0.25) is 4.98 Å². The highest BCUT2D eigenvalue weighted by molar-refractivity contribution is 7.90. The third-order valence-corrected chi connectivity index (χ3v) is 5.65. The smallest absolute Gasteiger partial charge is 0.175 e. The molecule has 4 aromatic rings. The predicted octanol–water partition coefficient (Wildman–Crippen LogP) is 4.52. The number of rotatable bonds is 4. The minimum absolute atomic E-state index is 0.288.